The molecule has 0 fully saturated rings. The van der Waals surface area contributed by atoms with Crippen LogP contribution in [0.15, 0.2) is 52.1 Å². The molecule has 0 saturated heterocycles. The molecule has 4 aromatic rings. The van der Waals surface area contributed by atoms with E-state index in [4.69, 9.17) is 18.6 Å². The first-order valence-corrected chi connectivity index (χ1v) is 11.6. The molecule has 0 aliphatic rings. The molecule has 0 spiro atoms. The maximum atomic E-state index is 14.3. The van der Waals surface area contributed by atoms with E-state index in [0.29, 0.717) is 39.8 Å². The second-order valence-electron chi connectivity index (χ2n) is 7.57. The van der Waals surface area contributed by atoms with Crippen molar-refractivity contribution in [2.24, 2.45) is 0 Å². The zero-order valence-electron chi connectivity index (χ0n) is 19.9. The van der Waals surface area contributed by atoms with Gasteiger partial charge in [-0.2, -0.15) is 0 Å². The van der Waals surface area contributed by atoms with Gasteiger partial charge in [-0.15, -0.1) is 10.2 Å². The Balaban J connectivity index is 1.52. The van der Waals surface area contributed by atoms with Crippen molar-refractivity contribution in [2.75, 3.05) is 27.1 Å². The van der Waals surface area contributed by atoms with E-state index >= 15 is 0 Å². The predicted octanol–water partition coefficient (Wildman–Crippen LogP) is 5.28. The molecule has 182 valence electrons. The number of halogens is 1. The van der Waals surface area contributed by atoms with E-state index in [-0.39, 0.29) is 28.5 Å². The number of Topliss-reactive ketones (excluding diaryl/α,β-unsaturated/α-hetero) is 1. The molecule has 0 radical (unpaired) electrons. The van der Waals surface area contributed by atoms with Crippen LogP contribution < -0.4 is 14.2 Å². The van der Waals surface area contributed by atoms with Gasteiger partial charge in [0.25, 0.3) is 5.22 Å². The summed E-state index contributed by atoms with van der Waals surface area (Å²) in [4.78, 5) is 13.0. The van der Waals surface area contributed by atoms with Crippen LogP contribution in [0.5, 0.6) is 17.2 Å². The Labute approximate surface area is 206 Å². The fourth-order valence-corrected chi connectivity index (χ4v) is 4.49. The van der Waals surface area contributed by atoms with Crippen LogP contribution in [-0.2, 0) is 0 Å². The van der Waals surface area contributed by atoms with Crippen molar-refractivity contribution in [2.45, 2.75) is 19.1 Å². The van der Waals surface area contributed by atoms with Crippen LogP contribution in [0.3, 0.4) is 0 Å². The number of para-hydroxylation sites is 1. The lowest BCUT2D eigenvalue weighted by atomic mass is 10.2. The van der Waals surface area contributed by atoms with E-state index < -0.39 is 0 Å². The molecule has 35 heavy (non-hydrogen) atoms. The standard InChI is InChI=1S/C25H24FN3O5S/c1-14-10-17(15(2)29(14)19-9-7-6-8-18(19)26)20(30)13-35-25-28-27-24(34-25)16-11-21(31-3)23(33-5)22(12-16)32-4/h6-12H,13H2,1-5H3. The highest BCUT2D eigenvalue weighted by atomic mass is 32.2. The lowest BCUT2D eigenvalue weighted by Gasteiger charge is -2.12. The van der Waals surface area contributed by atoms with Gasteiger partial charge in [0.2, 0.25) is 11.6 Å². The first kappa shape index (κ1) is 24.3. The van der Waals surface area contributed by atoms with Crippen LogP contribution in [0.2, 0.25) is 0 Å². The number of ketones is 1. The van der Waals surface area contributed by atoms with E-state index in [9.17, 15) is 9.18 Å². The summed E-state index contributed by atoms with van der Waals surface area (Å²) < 4.78 is 37.9. The van der Waals surface area contributed by atoms with Gasteiger partial charge in [0, 0.05) is 22.5 Å². The van der Waals surface area contributed by atoms with E-state index in [1.54, 1.807) is 47.9 Å². The highest BCUT2D eigenvalue weighted by Gasteiger charge is 2.21. The molecule has 0 saturated carbocycles. The molecular weight excluding hydrogens is 473 g/mol. The molecule has 2 aromatic heterocycles. The fourth-order valence-electron chi connectivity index (χ4n) is 3.84. The number of ether oxygens (including phenoxy) is 3. The largest absolute Gasteiger partial charge is 0.493 e. The molecule has 2 aromatic carbocycles. The van der Waals surface area contributed by atoms with Gasteiger partial charge >= 0.3 is 0 Å². The van der Waals surface area contributed by atoms with Gasteiger partial charge in [0.1, 0.15) is 5.82 Å². The third kappa shape index (κ3) is 4.74. The summed E-state index contributed by atoms with van der Waals surface area (Å²) in [7, 11) is 4.56. The molecule has 0 unspecified atom stereocenters. The molecule has 0 aliphatic carbocycles. The lowest BCUT2D eigenvalue weighted by Crippen LogP contribution is -2.06. The molecule has 0 amide bonds. The van der Waals surface area contributed by atoms with Crippen molar-refractivity contribution >= 4 is 17.5 Å². The fraction of sp³-hybridized carbons (Fsp3) is 0.240. The Hall–Kier alpha value is -3.79. The third-order valence-electron chi connectivity index (χ3n) is 5.47. The molecule has 0 aliphatic heterocycles. The van der Waals surface area contributed by atoms with E-state index in [2.05, 4.69) is 10.2 Å². The second kappa shape index (κ2) is 10.2. The Bertz CT molecular complexity index is 1360. The number of aryl methyl sites for hydroxylation is 1. The minimum absolute atomic E-state index is 0.0818. The summed E-state index contributed by atoms with van der Waals surface area (Å²) in [6, 6.07) is 11.6. The minimum Gasteiger partial charge on any atom is -0.493 e. The van der Waals surface area contributed by atoms with Gasteiger partial charge < -0.3 is 23.2 Å². The molecule has 0 atom stereocenters. The number of hydrogen-bond donors (Lipinski definition) is 0. The number of aromatic nitrogens is 3. The van der Waals surface area contributed by atoms with Gasteiger partial charge in [-0.3, -0.25) is 4.79 Å². The molecule has 0 bridgehead atoms. The van der Waals surface area contributed by atoms with E-state index in [0.717, 1.165) is 17.5 Å². The van der Waals surface area contributed by atoms with Gasteiger partial charge in [0.05, 0.1) is 32.8 Å². The smallest absolute Gasteiger partial charge is 0.277 e. The van der Waals surface area contributed by atoms with Crippen molar-refractivity contribution in [3.05, 3.63) is 65.2 Å². The van der Waals surface area contributed by atoms with Crippen LogP contribution >= 0.6 is 11.8 Å². The zero-order chi connectivity index (χ0) is 25.1. The summed E-state index contributed by atoms with van der Waals surface area (Å²) in [6.07, 6.45) is 0. The Morgan fingerprint density at radius 2 is 1.71 bits per heavy atom. The second-order valence-corrected chi connectivity index (χ2v) is 8.50. The van der Waals surface area contributed by atoms with Crippen LogP contribution in [0.1, 0.15) is 21.7 Å². The average molecular weight is 498 g/mol. The van der Waals surface area contributed by atoms with E-state index in [1.807, 2.05) is 6.92 Å². The van der Waals surface area contributed by atoms with Crippen LogP contribution in [0, 0.1) is 19.7 Å². The number of carbonyl (C=O) groups is 1. The van der Waals surface area contributed by atoms with Gasteiger partial charge in [0.15, 0.2) is 17.3 Å². The van der Waals surface area contributed by atoms with Crippen molar-refractivity contribution in [3.63, 3.8) is 0 Å². The molecule has 8 nitrogen and oxygen atoms in total. The Kier molecular flexibility index (Phi) is 7.11. The normalized spacial score (nSPS) is 10.9. The van der Waals surface area contributed by atoms with Gasteiger partial charge in [-0.05, 0) is 44.2 Å². The number of hydrogen-bond acceptors (Lipinski definition) is 8. The molecule has 2 heterocycles. The monoisotopic (exact) mass is 497 g/mol. The number of nitrogens with zero attached hydrogens (tertiary/aromatic N) is 3. The van der Waals surface area contributed by atoms with Gasteiger partial charge in [-0.1, -0.05) is 23.9 Å². The molecular formula is C25H24FN3O5S. The zero-order valence-corrected chi connectivity index (χ0v) is 20.7. The maximum absolute atomic E-state index is 14.3. The predicted molar refractivity (Wildman–Crippen MR) is 130 cm³/mol. The summed E-state index contributed by atoms with van der Waals surface area (Å²) in [5.41, 5.74) is 2.94. The molecule has 0 N–H and O–H groups in total. The van der Waals surface area contributed by atoms with Gasteiger partial charge in [-0.25, -0.2) is 4.39 Å². The maximum Gasteiger partial charge on any atom is 0.277 e. The highest BCUT2D eigenvalue weighted by molar-refractivity contribution is 7.99. The van der Waals surface area contributed by atoms with Crippen molar-refractivity contribution in [3.8, 4) is 34.4 Å². The van der Waals surface area contributed by atoms with Crippen molar-refractivity contribution < 1.29 is 27.8 Å². The number of methoxy groups -OCH3 is 3. The first-order valence-electron chi connectivity index (χ1n) is 10.6. The van der Waals surface area contributed by atoms with Crippen LogP contribution in [0.4, 0.5) is 4.39 Å². The van der Waals surface area contributed by atoms with E-state index in [1.165, 1.54) is 27.4 Å². The summed E-state index contributed by atoms with van der Waals surface area (Å²) in [6.45, 7) is 3.64. The minimum atomic E-state index is -0.354. The molecule has 4 rings (SSSR count). The molecule has 10 heteroatoms. The topological polar surface area (TPSA) is 88.6 Å². The van der Waals surface area contributed by atoms with Crippen LogP contribution in [-0.4, -0.2) is 47.6 Å². The number of benzene rings is 2. The summed E-state index contributed by atoms with van der Waals surface area (Å²) >= 11 is 1.13. The Morgan fingerprint density at radius 3 is 2.34 bits per heavy atom. The number of rotatable bonds is 9. The lowest BCUT2D eigenvalue weighted by molar-refractivity contribution is 0.102. The Morgan fingerprint density at radius 1 is 1.03 bits per heavy atom. The quantitative estimate of drug-likeness (QED) is 0.228. The summed E-state index contributed by atoms with van der Waals surface area (Å²) in [5, 5.41) is 8.37. The third-order valence-corrected chi connectivity index (χ3v) is 6.29. The average Bonchev–Trinajstić information content (AvgIpc) is 3.46. The van der Waals surface area contributed by atoms with Crippen molar-refractivity contribution in [1.29, 1.82) is 0 Å². The van der Waals surface area contributed by atoms with Crippen LogP contribution in [0.25, 0.3) is 17.1 Å². The SMILES string of the molecule is COc1cc(-c2nnc(SCC(=O)c3cc(C)n(-c4ccccc4F)c3C)o2)cc(OC)c1OC. The first-order chi connectivity index (χ1) is 16.9. The number of carbonyl (C=O) groups excluding carboxylic acids is 1. The highest BCUT2D eigenvalue weighted by Crippen LogP contribution is 2.41. The van der Waals surface area contributed by atoms with Crippen molar-refractivity contribution in [1.82, 2.24) is 14.8 Å². The summed E-state index contributed by atoms with van der Waals surface area (Å²) in [5.74, 6) is 1.21. The number of thioether (sulfide) groups is 1.